The number of carbonyl (C=O) groups is 1. The molecule has 3 rings (SSSR count). The van der Waals surface area contributed by atoms with Gasteiger partial charge in [0.1, 0.15) is 11.5 Å². The van der Waals surface area contributed by atoms with E-state index in [1.54, 1.807) is 0 Å². The predicted octanol–water partition coefficient (Wildman–Crippen LogP) is 3.53. The third-order valence-electron chi connectivity index (χ3n) is 4.15. The van der Waals surface area contributed by atoms with Gasteiger partial charge in [-0.1, -0.05) is 6.08 Å². The smallest absolute Gasteiger partial charge is 0.257 e. The lowest BCUT2D eigenvalue weighted by atomic mass is 9.97. The summed E-state index contributed by atoms with van der Waals surface area (Å²) < 4.78 is 5.46. The van der Waals surface area contributed by atoms with Crippen LogP contribution in [0.2, 0.25) is 0 Å². The Hall–Kier alpha value is -2.36. The van der Waals surface area contributed by atoms with Crippen molar-refractivity contribution in [2.75, 3.05) is 13.1 Å². The van der Waals surface area contributed by atoms with E-state index in [9.17, 15) is 4.79 Å². The van der Waals surface area contributed by atoms with Gasteiger partial charge in [-0.15, -0.1) is 0 Å². The zero-order chi connectivity index (χ0) is 15.7. The fourth-order valence-electron chi connectivity index (χ4n) is 2.91. The first-order valence-corrected chi connectivity index (χ1v) is 7.52. The molecule has 1 aliphatic heterocycles. The summed E-state index contributed by atoms with van der Waals surface area (Å²) in [6, 6.07) is 3.84. The van der Waals surface area contributed by atoms with E-state index < -0.39 is 0 Å². The van der Waals surface area contributed by atoms with E-state index in [-0.39, 0.29) is 5.91 Å². The standard InChI is InChI=1S/C18H20N2O2/c1-12-4-7-19-11-17(12)15-5-8-20(9-6-15)18(21)16-10-13(2)22-14(16)3/h4-5,7,10-11H,6,8-9H2,1-3H3. The zero-order valence-corrected chi connectivity index (χ0v) is 13.2. The molecule has 0 spiro atoms. The van der Waals surface area contributed by atoms with Gasteiger partial charge < -0.3 is 9.32 Å². The number of carbonyl (C=O) groups excluding carboxylic acids is 1. The highest BCUT2D eigenvalue weighted by Crippen LogP contribution is 2.25. The molecule has 2 aromatic rings. The van der Waals surface area contributed by atoms with Crippen molar-refractivity contribution in [3.8, 4) is 0 Å². The molecule has 4 nitrogen and oxygen atoms in total. The minimum absolute atomic E-state index is 0.0487. The monoisotopic (exact) mass is 296 g/mol. The minimum atomic E-state index is 0.0487. The third-order valence-corrected chi connectivity index (χ3v) is 4.15. The van der Waals surface area contributed by atoms with E-state index in [1.165, 1.54) is 16.7 Å². The normalized spacial score (nSPS) is 14.9. The highest BCUT2D eigenvalue weighted by Gasteiger charge is 2.23. The highest BCUT2D eigenvalue weighted by molar-refractivity contribution is 5.95. The molecule has 0 aliphatic carbocycles. The first-order chi connectivity index (χ1) is 10.6. The molecule has 0 N–H and O–H groups in total. The van der Waals surface area contributed by atoms with E-state index in [4.69, 9.17) is 4.42 Å². The van der Waals surface area contributed by atoms with Crippen LogP contribution in [0.15, 0.2) is 35.0 Å². The number of pyridine rings is 1. The first kappa shape index (κ1) is 14.6. The maximum atomic E-state index is 12.6. The average molecular weight is 296 g/mol. The molecule has 0 atom stereocenters. The van der Waals surface area contributed by atoms with Crippen molar-refractivity contribution in [2.45, 2.75) is 27.2 Å². The van der Waals surface area contributed by atoms with E-state index in [0.717, 1.165) is 18.7 Å². The van der Waals surface area contributed by atoms with Gasteiger partial charge >= 0.3 is 0 Å². The fraction of sp³-hybridized carbons (Fsp3) is 0.333. The van der Waals surface area contributed by atoms with Crippen LogP contribution in [0.4, 0.5) is 0 Å². The van der Waals surface area contributed by atoms with Crippen LogP contribution in [-0.2, 0) is 0 Å². The molecule has 22 heavy (non-hydrogen) atoms. The molecule has 1 aliphatic rings. The van der Waals surface area contributed by atoms with Gasteiger partial charge in [0.05, 0.1) is 5.56 Å². The maximum absolute atomic E-state index is 12.6. The van der Waals surface area contributed by atoms with Crippen LogP contribution in [0.3, 0.4) is 0 Å². The van der Waals surface area contributed by atoms with Gasteiger partial charge in [0, 0.05) is 25.5 Å². The van der Waals surface area contributed by atoms with E-state index in [2.05, 4.69) is 18.0 Å². The summed E-state index contributed by atoms with van der Waals surface area (Å²) >= 11 is 0. The second-order valence-corrected chi connectivity index (χ2v) is 5.75. The Labute approximate surface area is 130 Å². The second-order valence-electron chi connectivity index (χ2n) is 5.75. The van der Waals surface area contributed by atoms with Gasteiger partial charge in [-0.3, -0.25) is 9.78 Å². The van der Waals surface area contributed by atoms with Crippen LogP contribution in [-0.4, -0.2) is 28.9 Å². The van der Waals surface area contributed by atoms with Crippen molar-refractivity contribution in [3.63, 3.8) is 0 Å². The van der Waals surface area contributed by atoms with Crippen LogP contribution in [0, 0.1) is 20.8 Å². The Balaban J connectivity index is 1.77. The summed E-state index contributed by atoms with van der Waals surface area (Å²) in [5.74, 6) is 1.52. The van der Waals surface area contributed by atoms with Gasteiger partial charge in [0.15, 0.2) is 0 Å². The van der Waals surface area contributed by atoms with Gasteiger partial charge in [-0.25, -0.2) is 0 Å². The van der Waals surface area contributed by atoms with Gasteiger partial charge in [-0.2, -0.15) is 0 Å². The third kappa shape index (κ3) is 2.69. The highest BCUT2D eigenvalue weighted by atomic mass is 16.3. The van der Waals surface area contributed by atoms with Crippen molar-refractivity contribution in [2.24, 2.45) is 0 Å². The summed E-state index contributed by atoms with van der Waals surface area (Å²) in [5.41, 5.74) is 4.36. The Kier molecular flexibility index (Phi) is 3.84. The average Bonchev–Trinajstić information content (AvgIpc) is 2.86. The number of rotatable bonds is 2. The van der Waals surface area contributed by atoms with Crippen molar-refractivity contribution in [3.05, 3.63) is 58.8 Å². The number of nitrogens with zero attached hydrogens (tertiary/aromatic N) is 2. The van der Waals surface area contributed by atoms with Crippen LogP contribution in [0.1, 0.15) is 39.4 Å². The SMILES string of the molecule is Cc1cc(C(=O)N2CC=C(c3cnccc3C)CC2)c(C)o1. The quantitative estimate of drug-likeness (QED) is 0.851. The summed E-state index contributed by atoms with van der Waals surface area (Å²) in [5, 5.41) is 0. The number of hydrogen-bond acceptors (Lipinski definition) is 3. The molecular formula is C18H20N2O2. The molecule has 3 heterocycles. The Morgan fingerprint density at radius 1 is 1.32 bits per heavy atom. The molecule has 114 valence electrons. The lowest BCUT2D eigenvalue weighted by molar-refractivity contribution is 0.0771. The number of hydrogen-bond donors (Lipinski definition) is 0. The van der Waals surface area contributed by atoms with Crippen LogP contribution in [0.5, 0.6) is 0 Å². The molecule has 0 radical (unpaired) electrons. The van der Waals surface area contributed by atoms with Crippen molar-refractivity contribution >= 4 is 11.5 Å². The maximum Gasteiger partial charge on any atom is 0.257 e. The Morgan fingerprint density at radius 2 is 2.14 bits per heavy atom. The van der Waals surface area contributed by atoms with Gasteiger partial charge in [0.25, 0.3) is 5.91 Å². The largest absolute Gasteiger partial charge is 0.466 e. The molecular weight excluding hydrogens is 276 g/mol. The molecule has 2 aromatic heterocycles. The minimum Gasteiger partial charge on any atom is -0.466 e. The van der Waals surface area contributed by atoms with Gasteiger partial charge in [-0.05, 0) is 56.0 Å². The molecule has 0 aromatic carbocycles. The number of furan rings is 1. The molecule has 0 saturated heterocycles. The summed E-state index contributed by atoms with van der Waals surface area (Å²) in [6.45, 7) is 7.15. The van der Waals surface area contributed by atoms with Crippen molar-refractivity contribution in [1.29, 1.82) is 0 Å². The number of amides is 1. The molecule has 1 amide bonds. The second kappa shape index (κ2) is 5.79. The van der Waals surface area contributed by atoms with Crippen molar-refractivity contribution < 1.29 is 9.21 Å². The lowest BCUT2D eigenvalue weighted by Gasteiger charge is -2.27. The molecule has 0 saturated carbocycles. The van der Waals surface area contributed by atoms with Gasteiger partial charge in [0.2, 0.25) is 0 Å². The molecule has 0 unspecified atom stereocenters. The zero-order valence-electron chi connectivity index (χ0n) is 13.2. The topological polar surface area (TPSA) is 46.3 Å². The number of aromatic nitrogens is 1. The summed E-state index contributed by atoms with van der Waals surface area (Å²) in [4.78, 5) is 18.6. The van der Waals surface area contributed by atoms with Crippen LogP contribution < -0.4 is 0 Å². The molecule has 0 fully saturated rings. The summed E-state index contributed by atoms with van der Waals surface area (Å²) in [6.07, 6.45) is 6.70. The van der Waals surface area contributed by atoms with Crippen LogP contribution >= 0.6 is 0 Å². The Bertz CT molecular complexity index is 743. The first-order valence-electron chi connectivity index (χ1n) is 7.52. The number of aryl methyl sites for hydroxylation is 3. The van der Waals surface area contributed by atoms with E-state index in [1.807, 2.05) is 43.3 Å². The predicted molar refractivity (Wildman–Crippen MR) is 85.7 cm³/mol. The Morgan fingerprint density at radius 3 is 2.73 bits per heavy atom. The van der Waals surface area contributed by atoms with E-state index >= 15 is 0 Å². The van der Waals surface area contributed by atoms with Crippen molar-refractivity contribution in [1.82, 2.24) is 9.88 Å². The molecule has 4 heteroatoms. The van der Waals surface area contributed by atoms with Crippen LogP contribution in [0.25, 0.3) is 5.57 Å². The summed E-state index contributed by atoms with van der Waals surface area (Å²) in [7, 11) is 0. The lowest BCUT2D eigenvalue weighted by Crippen LogP contribution is -2.34. The molecule has 0 bridgehead atoms. The van der Waals surface area contributed by atoms with E-state index in [0.29, 0.717) is 17.9 Å². The fourth-order valence-corrected chi connectivity index (χ4v) is 2.91.